The lowest BCUT2D eigenvalue weighted by atomic mass is 9.84. The number of benzene rings is 2. The number of nitrogens with one attached hydrogen (secondary N) is 1. The molecule has 4 nitrogen and oxygen atoms in total. The number of ether oxygens (including phenoxy) is 1. The Morgan fingerprint density at radius 1 is 1.29 bits per heavy atom. The van der Waals surface area contributed by atoms with Gasteiger partial charge >= 0.3 is 0 Å². The lowest BCUT2D eigenvalue weighted by Crippen LogP contribution is -2.52. The molecule has 0 bridgehead atoms. The summed E-state index contributed by atoms with van der Waals surface area (Å²) in [6.07, 6.45) is 1.52. The third-order valence-electron chi connectivity index (χ3n) is 5.17. The molecule has 2 aromatic carbocycles. The van der Waals surface area contributed by atoms with Gasteiger partial charge in [-0.2, -0.15) is 5.26 Å². The van der Waals surface area contributed by atoms with E-state index in [9.17, 15) is 9.65 Å². The normalized spacial score (nSPS) is 22.6. The number of likely N-dealkylation sites (tertiary alicyclic amines) is 1. The molecule has 1 aliphatic heterocycles. The van der Waals surface area contributed by atoms with Crippen molar-refractivity contribution in [3.05, 3.63) is 59.9 Å². The van der Waals surface area contributed by atoms with Gasteiger partial charge in [0.25, 0.3) is 0 Å². The van der Waals surface area contributed by atoms with Gasteiger partial charge in [0.15, 0.2) is 0 Å². The van der Waals surface area contributed by atoms with Crippen LogP contribution in [0.1, 0.15) is 39.2 Å². The molecule has 2 unspecified atom stereocenters. The van der Waals surface area contributed by atoms with Gasteiger partial charge in [-0.05, 0) is 69.5 Å². The summed E-state index contributed by atoms with van der Waals surface area (Å²) in [6, 6.07) is 17.2. The zero-order valence-electron chi connectivity index (χ0n) is 16.8. The number of nitriles is 1. The Morgan fingerprint density at radius 2 is 2.07 bits per heavy atom. The Labute approximate surface area is 166 Å². The molecule has 148 valence electrons. The van der Waals surface area contributed by atoms with E-state index in [4.69, 9.17) is 4.74 Å². The Hall–Kier alpha value is -2.58. The van der Waals surface area contributed by atoms with Gasteiger partial charge in [0.1, 0.15) is 17.1 Å². The summed E-state index contributed by atoms with van der Waals surface area (Å²) in [5.74, 6) is 0.586. The average Bonchev–Trinajstić information content (AvgIpc) is 2.64. The van der Waals surface area contributed by atoms with Gasteiger partial charge in [0, 0.05) is 24.8 Å². The van der Waals surface area contributed by atoms with Crippen LogP contribution >= 0.6 is 0 Å². The lowest BCUT2D eigenvalue weighted by Gasteiger charge is -2.42. The fraction of sp³-hybridized carbons (Fsp3) is 0.435. The number of nitrogens with zero attached hydrogens (tertiary/aromatic N) is 2. The largest absolute Gasteiger partial charge is 0.491 e. The number of hydrogen-bond donors (Lipinski definition) is 1. The topological polar surface area (TPSA) is 48.3 Å². The van der Waals surface area contributed by atoms with Crippen LogP contribution in [-0.4, -0.2) is 29.1 Å². The second-order valence-electron chi connectivity index (χ2n) is 7.92. The third kappa shape index (κ3) is 5.02. The van der Waals surface area contributed by atoms with E-state index in [1.165, 1.54) is 17.7 Å². The first-order valence-corrected chi connectivity index (χ1v) is 9.84. The van der Waals surface area contributed by atoms with Crippen molar-refractivity contribution in [1.82, 2.24) is 4.90 Å². The molecule has 2 aromatic rings. The van der Waals surface area contributed by atoms with Crippen LogP contribution in [0.2, 0.25) is 0 Å². The minimum absolute atomic E-state index is 0.148. The number of piperidine rings is 1. The van der Waals surface area contributed by atoms with E-state index in [1.807, 2.05) is 26.0 Å². The summed E-state index contributed by atoms with van der Waals surface area (Å²) in [6.45, 7) is 7.80. The highest BCUT2D eigenvalue weighted by atomic mass is 19.1. The molecule has 5 heteroatoms. The number of hydrogen-bond acceptors (Lipinski definition) is 4. The molecule has 0 radical (unpaired) electrons. The first kappa shape index (κ1) is 20.2. The minimum atomic E-state index is -0.674. The second-order valence-corrected chi connectivity index (χ2v) is 7.92. The van der Waals surface area contributed by atoms with Crippen molar-refractivity contribution in [1.29, 1.82) is 5.26 Å². The van der Waals surface area contributed by atoms with Crippen LogP contribution in [-0.2, 0) is 6.54 Å². The van der Waals surface area contributed by atoms with E-state index in [0.29, 0.717) is 18.5 Å². The van der Waals surface area contributed by atoms with Crippen molar-refractivity contribution in [2.45, 2.75) is 57.8 Å². The van der Waals surface area contributed by atoms with Crippen molar-refractivity contribution in [2.75, 3.05) is 11.9 Å². The Morgan fingerprint density at radius 3 is 2.75 bits per heavy atom. The molecule has 1 saturated heterocycles. The molecule has 0 aromatic heterocycles. The van der Waals surface area contributed by atoms with Gasteiger partial charge in [-0.1, -0.05) is 18.2 Å². The second kappa shape index (κ2) is 8.62. The minimum Gasteiger partial charge on any atom is -0.491 e. The van der Waals surface area contributed by atoms with Crippen LogP contribution in [0.5, 0.6) is 5.75 Å². The molecular formula is C23H28FN3O. The van der Waals surface area contributed by atoms with Gasteiger partial charge in [-0.15, -0.1) is 0 Å². The third-order valence-corrected chi connectivity index (χ3v) is 5.17. The maximum atomic E-state index is 13.5. The number of rotatable bonds is 6. The summed E-state index contributed by atoms with van der Waals surface area (Å²) in [5.41, 5.74) is 1.18. The molecule has 0 saturated carbocycles. The zero-order valence-corrected chi connectivity index (χ0v) is 16.8. The smallest absolute Gasteiger partial charge is 0.128 e. The van der Waals surface area contributed by atoms with Crippen LogP contribution in [0.3, 0.4) is 0 Å². The molecule has 1 heterocycles. The molecule has 0 amide bonds. The van der Waals surface area contributed by atoms with Crippen LogP contribution in [0, 0.1) is 17.1 Å². The van der Waals surface area contributed by atoms with Gasteiger partial charge in [-0.25, -0.2) is 4.39 Å². The van der Waals surface area contributed by atoms with Gasteiger partial charge in [-0.3, -0.25) is 4.90 Å². The predicted molar refractivity (Wildman–Crippen MR) is 110 cm³/mol. The zero-order chi connectivity index (χ0) is 20.1. The van der Waals surface area contributed by atoms with Gasteiger partial charge < -0.3 is 10.1 Å². The monoisotopic (exact) mass is 381 g/mol. The summed E-state index contributed by atoms with van der Waals surface area (Å²) < 4.78 is 19.3. The van der Waals surface area contributed by atoms with E-state index in [0.717, 1.165) is 18.8 Å². The Bertz CT molecular complexity index is 848. The Kier molecular flexibility index (Phi) is 6.21. The van der Waals surface area contributed by atoms with E-state index in [-0.39, 0.29) is 18.0 Å². The lowest BCUT2D eigenvalue weighted by molar-refractivity contribution is 0.126. The van der Waals surface area contributed by atoms with Crippen LogP contribution in [0.4, 0.5) is 10.1 Å². The van der Waals surface area contributed by atoms with Crippen LogP contribution in [0.25, 0.3) is 0 Å². The van der Waals surface area contributed by atoms with Crippen molar-refractivity contribution in [3.63, 3.8) is 0 Å². The van der Waals surface area contributed by atoms with Crippen LogP contribution < -0.4 is 10.1 Å². The van der Waals surface area contributed by atoms with Crippen LogP contribution in [0.15, 0.2) is 48.5 Å². The Balaban J connectivity index is 1.66. The number of anilines is 1. The van der Waals surface area contributed by atoms with E-state index in [1.54, 1.807) is 12.1 Å². The summed E-state index contributed by atoms with van der Waals surface area (Å²) >= 11 is 0. The molecule has 3 rings (SSSR count). The van der Waals surface area contributed by atoms with Crippen molar-refractivity contribution in [3.8, 4) is 11.8 Å². The molecule has 0 aliphatic carbocycles. The summed E-state index contributed by atoms with van der Waals surface area (Å²) in [7, 11) is 0. The summed E-state index contributed by atoms with van der Waals surface area (Å²) in [5, 5.41) is 13.1. The molecule has 28 heavy (non-hydrogen) atoms. The molecule has 1 N–H and O–H groups in total. The predicted octanol–water partition coefficient (Wildman–Crippen LogP) is 4.97. The highest BCUT2D eigenvalue weighted by Crippen LogP contribution is 2.31. The van der Waals surface area contributed by atoms with Crippen molar-refractivity contribution in [2.24, 2.45) is 0 Å². The van der Waals surface area contributed by atoms with E-state index < -0.39 is 5.54 Å². The van der Waals surface area contributed by atoms with Crippen molar-refractivity contribution >= 4 is 5.69 Å². The molecule has 2 atom stereocenters. The molecule has 1 fully saturated rings. The van der Waals surface area contributed by atoms with Crippen molar-refractivity contribution < 1.29 is 9.13 Å². The first-order valence-electron chi connectivity index (χ1n) is 9.84. The molecular weight excluding hydrogens is 353 g/mol. The van der Waals surface area contributed by atoms with E-state index in [2.05, 4.69) is 35.3 Å². The first-order chi connectivity index (χ1) is 13.4. The van der Waals surface area contributed by atoms with Gasteiger partial charge in [0.2, 0.25) is 0 Å². The fourth-order valence-corrected chi connectivity index (χ4v) is 3.83. The SMILES string of the molecule is CC(C)Oc1cccc(CN2CCC(C#N)(Nc3cccc(F)c3)CC2C)c1. The maximum Gasteiger partial charge on any atom is 0.128 e. The van der Waals surface area contributed by atoms with Gasteiger partial charge in [0.05, 0.1) is 12.2 Å². The fourth-order valence-electron chi connectivity index (χ4n) is 3.83. The highest BCUT2D eigenvalue weighted by molar-refractivity contribution is 5.48. The summed E-state index contributed by atoms with van der Waals surface area (Å²) in [4.78, 5) is 2.39. The number of halogens is 1. The maximum absolute atomic E-state index is 13.5. The average molecular weight is 381 g/mol. The quantitative estimate of drug-likeness (QED) is 0.767. The highest BCUT2D eigenvalue weighted by Gasteiger charge is 2.38. The van der Waals surface area contributed by atoms with E-state index >= 15 is 0 Å². The molecule has 0 spiro atoms. The molecule has 1 aliphatic rings. The standard InChI is InChI=1S/C23H28FN3O/c1-17(2)28-22-9-4-6-19(12-22)15-27-11-10-23(16-25,14-18(27)3)26-21-8-5-7-20(24)13-21/h4-9,12-13,17-18,26H,10-11,14-15H2,1-3H3.